The first-order valence-corrected chi connectivity index (χ1v) is 9.80. The van der Waals surface area contributed by atoms with E-state index in [0.29, 0.717) is 17.9 Å². The SMILES string of the molecule is CCOC(=O)CN1C(=O)S/C(=C/c2cc(Br)c(OCC)c(Br)c2)C1=O. The number of rotatable bonds is 6. The molecule has 1 heterocycles. The van der Waals surface area contributed by atoms with Crippen molar-refractivity contribution in [2.75, 3.05) is 19.8 Å². The maximum absolute atomic E-state index is 12.4. The molecule has 0 unspecified atom stereocenters. The van der Waals surface area contributed by atoms with E-state index in [0.717, 1.165) is 25.6 Å². The van der Waals surface area contributed by atoms with Gasteiger partial charge >= 0.3 is 5.97 Å². The topological polar surface area (TPSA) is 72.9 Å². The maximum atomic E-state index is 12.4. The molecule has 2 rings (SSSR count). The van der Waals surface area contributed by atoms with Gasteiger partial charge in [-0.05, 0) is 81.2 Å². The third-order valence-electron chi connectivity index (χ3n) is 3.07. The first-order valence-electron chi connectivity index (χ1n) is 7.40. The second-order valence-corrected chi connectivity index (χ2v) is 7.52. The fourth-order valence-corrected chi connectivity index (χ4v) is 4.36. The van der Waals surface area contributed by atoms with Gasteiger partial charge in [0.25, 0.3) is 11.1 Å². The second kappa shape index (κ2) is 8.86. The molecule has 6 nitrogen and oxygen atoms in total. The number of ether oxygens (including phenoxy) is 2. The Balaban J connectivity index is 2.23. The summed E-state index contributed by atoms with van der Waals surface area (Å²) in [6, 6.07) is 3.57. The fraction of sp³-hybridized carbons (Fsp3) is 0.312. The number of hydrogen-bond acceptors (Lipinski definition) is 6. The molecule has 0 aromatic heterocycles. The number of nitrogens with zero attached hydrogens (tertiary/aromatic N) is 1. The van der Waals surface area contributed by atoms with E-state index in [2.05, 4.69) is 31.9 Å². The average Bonchev–Trinajstić information content (AvgIpc) is 2.79. The Labute approximate surface area is 166 Å². The quantitative estimate of drug-likeness (QED) is 0.437. The van der Waals surface area contributed by atoms with E-state index in [9.17, 15) is 14.4 Å². The van der Waals surface area contributed by atoms with Gasteiger partial charge in [0.1, 0.15) is 12.3 Å². The van der Waals surface area contributed by atoms with Gasteiger partial charge in [-0.25, -0.2) is 0 Å². The van der Waals surface area contributed by atoms with Gasteiger partial charge in [0.2, 0.25) is 0 Å². The summed E-state index contributed by atoms with van der Waals surface area (Å²) in [5.41, 5.74) is 0.712. The Morgan fingerprint density at radius 2 is 1.84 bits per heavy atom. The summed E-state index contributed by atoms with van der Waals surface area (Å²) in [4.78, 5) is 37.0. The fourth-order valence-electron chi connectivity index (χ4n) is 2.07. The van der Waals surface area contributed by atoms with Crippen LogP contribution in [0.4, 0.5) is 4.79 Å². The summed E-state index contributed by atoms with van der Waals surface area (Å²) >= 11 is 7.64. The lowest BCUT2D eigenvalue weighted by molar-refractivity contribution is -0.145. The number of imide groups is 1. The molecule has 1 saturated heterocycles. The molecule has 1 aromatic rings. The van der Waals surface area contributed by atoms with Gasteiger partial charge in [-0.1, -0.05) is 0 Å². The lowest BCUT2D eigenvalue weighted by Crippen LogP contribution is -2.34. The van der Waals surface area contributed by atoms with Gasteiger partial charge in [0.05, 0.1) is 27.1 Å². The molecule has 0 N–H and O–H groups in total. The molecule has 9 heteroatoms. The molecule has 0 saturated carbocycles. The van der Waals surface area contributed by atoms with E-state index in [-0.39, 0.29) is 18.1 Å². The normalized spacial score (nSPS) is 15.8. The third-order valence-corrected chi connectivity index (χ3v) is 5.16. The number of hydrogen-bond donors (Lipinski definition) is 0. The van der Waals surface area contributed by atoms with Crippen molar-refractivity contribution in [3.63, 3.8) is 0 Å². The Morgan fingerprint density at radius 1 is 1.20 bits per heavy atom. The van der Waals surface area contributed by atoms with Crippen LogP contribution in [0.2, 0.25) is 0 Å². The van der Waals surface area contributed by atoms with E-state index in [1.165, 1.54) is 0 Å². The minimum absolute atomic E-state index is 0.194. The summed E-state index contributed by atoms with van der Waals surface area (Å²) in [5, 5.41) is -0.492. The smallest absolute Gasteiger partial charge is 0.326 e. The van der Waals surface area contributed by atoms with Gasteiger partial charge in [-0.3, -0.25) is 19.3 Å². The van der Waals surface area contributed by atoms with Crippen molar-refractivity contribution in [3.05, 3.63) is 31.5 Å². The minimum Gasteiger partial charge on any atom is -0.492 e. The standard InChI is InChI=1S/C16H15Br2NO5S/c1-3-23-13(20)8-19-15(21)12(25-16(19)22)7-9-5-10(17)14(24-4-2)11(18)6-9/h5-7H,3-4,8H2,1-2H3/b12-7+. The van der Waals surface area contributed by atoms with Gasteiger partial charge in [-0.15, -0.1) is 0 Å². The molecule has 0 aliphatic carbocycles. The molecule has 134 valence electrons. The molecule has 0 atom stereocenters. The summed E-state index contributed by atoms with van der Waals surface area (Å²) < 4.78 is 11.7. The van der Waals surface area contributed by atoms with Crippen molar-refractivity contribution >= 4 is 66.8 Å². The highest BCUT2D eigenvalue weighted by Crippen LogP contribution is 2.37. The summed E-state index contributed by atoms with van der Waals surface area (Å²) in [6.07, 6.45) is 1.60. The first kappa shape index (κ1) is 20.0. The molecule has 2 amide bonds. The van der Waals surface area contributed by atoms with Crippen molar-refractivity contribution in [2.45, 2.75) is 13.8 Å². The predicted molar refractivity (Wildman–Crippen MR) is 102 cm³/mol. The second-order valence-electron chi connectivity index (χ2n) is 4.82. The molecule has 1 aliphatic rings. The molecule has 1 aromatic carbocycles. The minimum atomic E-state index is -0.613. The van der Waals surface area contributed by atoms with E-state index in [1.807, 2.05) is 6.92 Å². The van der Waals surface area contributed by atoms with E-state index in [4.69, 9.17) is 9.47 Å². The molecule has 1 aliphatic heterocycles. The summed E-state index contributed by atoms with van der Waals surface area (Å²) in [5.74, 6) is -0.461. The first-order chi connectivity index (χ1) is 11.9. The van der Waals surface area contributed by atoms with Gasteiger partial charge in [0, 0.05) is 0 Å². The number of amides is 2. The number of esters is 1. The zero-order chi connectivity index (χ0) is 18.6. The molecule has 0 bridgehead atoms. The van der Waals surface area contributed by atoms with E-state index >= 15 is 0 Å². The predicted octanol–water partition coefficient (Wildman–Crippen LogP) is 4.21. The third kappa shape index (κ3) is 4.86. The van der Waals surface area contributed by atoms with Crippen LogP contribution in [-0.2, 0) is 14.3 Å². The van der Waals surface area contributed by atoms with Crippen LogP contribution in [0.5, 0.6) is 5.75 Å². The number of thioether (sulfide) groups is 1. The Bertz CT molecular complexity index is 727. The number of carbonyl (C=O) groups excluding carboxylic acids is 3. The molecule has 1 fully saturated rings. The van der Waals surface area contributed by atoms with Gasteiger partial charge in [0.15, 0.2) is 0 Å². The highest BCUT2D eigenvalue weighted by Gasteiger charge is 2.36. The van der Waals surface area contributed by atoms with Crippen LogP contribution in [0.25, 0.3) is 6.08 Å². The lowest BCUT2D eigenvalue weighted by atomic mass is 10.2. The van der Waals surface area contributed by atoms with Crippen molar-refractivity contribution in [3.8, 4) is 5.75 Å². The monoisotopic (exact) mass is 491 g/mol. The zero-order valence-electron chi connectivity index (χ0n) is 13.5. The Kier molecular flexibility index (Phi) is 7.09. The molecular weight excluding hydrogens is 478 g/mol. The Hall–Kier alpha value is -1.32. The number of halogens is 2. The van der Waals surface area contributed by atoms with Crippen LogP contribution < -0.4 is 4.74 Å². The van der Waals surface area contributed by atoms with Crippen molar-refractivity contribution in [1.29, 1.82) is 0 Å². The largest absolute Gasteiger partial charge is 0.492 e. The van der Waals surface area contributed by atoms with Crippen LogP contribution in [0.15, 0.2) is 26.0 Å². The number of benzene rings is 1. The molecule has 0 spiro atoms. The zero-order valence-corrected chi connectivity index (χ0v) is 17.5. The van der Waals surface area contributed by atoms with Crippen LogP contribution in [0.1, 0.15) is 19.4 Å². The van der Waals surface area contributed by atoms with E-state index < -0.39 is 17.1 Å². The number of carbonyl (C=O) groups is 3. The molecule has 25 heavy (non-hydrogen) atoms. The van der Waals surface area contributed by atoms with Gasteiger partial charge in [-0.2, -0.15) is 0 Å². The van der Waals surface area contributed by atoms with Crippen LogP contribution in [0, 0.1) is 0 Å². The summed E-state index contributed by atoms with van der Waals surface area (Å²) in [6.45, 7) is 3.87. The van der Waals surface area contributed by atoms with Crippen molar-refractivity contribution in [2.24, 2.45) is 0 Å². The highest BCUT2D eigenvalue weighted by atomic mass is 79.9. The summed E-state index contributed by atoms with van der Waals surface area (Å²) in [7, 11) is 0. The van der Waals surface area contributed by atoms with Crippen LogP contribution in [0.3, 0.4) is 0 Å². The van der Waals surface area contributed by atoms with Crippen molar-refractivity contribution in [1.82, 2.24) is 4.90 Å². The van der Waals surface area contributed by atoms with Gasteiger partial charge < -0.3 is 9.47 Å². The Morgan fingerprint density at radius 3 is 2.40 bits per heavy atom. The van der Waals surface area contributed by atoms with E-state index in [1.54, 1.807) is 25.1 Å². The van der Waals surface area contributed by atoms with Crippen molar-refractivity contribution < 1.29 is 23.9 Å². The molecule has 0 radical (unpaired) electrons. The van der Waals surface area contributed by atoms with Crippen LogP contribution >= 0.6 is 43.6 Å². The average molecular weight is 493 g/mol. The lowest BCUT2D eigenvalue weighted by Gasteiger charge is -2.11. The highest BCUT2D eigenvalue weighted by molar-refractivity contribution is 9.11. The molecular formula is C16H15Br2NO5S. The maximum Gasteiger partial charge on any atom is 0.326 e. The van der Waals surface area contributed by atoms with Crippen LogP contribution in [-0.4, -0.2) is 41.8 Å².